The van der Waals surface area contributed by atoms with E-state index in [0.717, 1.165) is 18.6 Å². The van der Waals surface area contributed by atoms with E-state index in [1.807, 2.05) is 6.92 Å². The Morgan fingerprint density at radius 2 is 2.00 bits per heavy atom. The first-order valence-corrected chi connectivity index (χ1v) is 6.36. The molecule has 0 aliphatic rings. The SMILES string of the molecule is CCCNC(=O)CNC(=O)c1cc([N+](=O)[O-])cc(C)c1F. The Hall–Kier alpha value is -2.51. The molecule has 1 rings (SSSR count). The van der Waals surface area contributed by atoms with E-state index >= 15 is 0 Å². The van der Waals surface area contributed by atoms with Crippen molar-refractivity contribution < 1.29 is 18.9 Å². The third-order valence-electron chi connectivity index (χ3n) is 2.68. The molecule has 1 aromatic rings. The first kappa shape index (κ1) is 16.5. The third-order valence-corrected chi connectivity index (χ3v) is 2.68. The van der Waals surface area contributed by atoms with E-state index in [2.05, 4.69) is 10.6 Å². The van der Waals surface area contributed by atoms with Crippen LogP contribution >= 0.6 is 0 Å². The summed E-state index contributed by atoms with van der Waals surface area (Å²) in [5.74, 6) is -2.12. The minimum absolute atomic E-state index is 0.00946. The molecule has 0 heterocycles. The lowest BCUT2D eigenvalue weighted by Gasteiger charge is -2.08. The molecule has 0 aromatic heterocycles. The smallest absolute Gasteiger partial charge is 0.270 e. The Morgan fingerprint density at radius 1 is 1.33 bits per heavy atom. The van der Waals surface area contributed by atoms with Crippen LogP contribution in [0.3, 0.4) is 0 Å². The zero-order chi connectivity index (χ0) is 16.0. The Morgan fingerprint density at radius 3 is 2.57 bits per heavy atom. The fourth-order valence-electron chi connectivity index (χ4n) is 1.60. The largest absolute Gasteiger partial charge is 0.355 e. The maximum atomic E-state index is 13.8. The second-order valence-corrected chi connectivity index (χ2v) is 4.41. The first-order chi connectivity index (χ1) is 9.86. The summed E-state index contributed by atoms with van der Waals surface area (Å²) in [6, 6.07) is 1.89. The van der Waals surface area contributed by atoms with E-state index in [-0.39, 0.29) is 17.8 Å². The number of nitrogens with one attached hydrogen (secondary N) is 2. The van der Waals surface area contributed by atoms with Gasteiger partial charge in [-0.15, -0.1) is 0 Å². The summed E-state index contributed by atoms with van der Waals surface area (Å²) in [7, 11) is 0. The second kappa shape index (κ2) is 7.32. The Kier molecular flexibility index (Phi) is 5.77. The lowest BCUT2D eigenvalue weighted by Crippen LogP contribution is -2.37. The molecule has 7 nitrogen and oxygen atoms in total. The van der Waals surface area contributed by atoms with Gasteiger partial charge in [-0.05, 0) is 18.9 Å². The number of carbonyl (C=O) groups is 2. The number of nitro benzene ring substituents is 1. The van der Waals surface area contributed by atoms with Crippen LogP contribution in [0.2, 0.25) is 0 Å². The number of rotatable bonds is 6. The van der Waals surface area contributed by atoms with Crippen molar-refractivity contribution in [3.63, 3.8) is 0 Å². The van der Waals surface area contributed by atoms with E-state index in [1.165, 1.54) is 6.92 Å². The molecule has 21 heavy (non-hydrogen) atoms. The molecule has 8 heteroatoms. The summed E-state index contributed by atoms with van der Waals surface area (Å²) >= 11 is 0. The summed E-state index contributed by atoms with van der Waals surface area (Å²) < 4.78 is 13.8. The minimum Gasteiger partial charge on any atom is -0.355 e. The predicted octanol–water partition coefficient (Wildman–Crippen LogP) is 1.30. The monoisotopic (exact) mass is 297 g/mol. The number of benzene rings is 1. The van der Waals surface area contributed by atoms with Gasteiger partial charge in [0.15, 0.2) is 0 Å². The second-order valence-electron chi connectivity index (χ2n) is 4.41. The number of nitro groups is 1. The van der Waals surface area contributed by atoms with Crippen molar-refractivity contribution in [2.24, 2.45) is 0 Å². The quantitative estimate of drug-likeness (QED) is 0.610. The van der Waals surface area contributed by atoms with Crippen LogP contribution in [0.5, 0.6) is 0 Å². The fraction of sp³-hybridized carbons (Fsp3) is 0.385. The average molecular weight is 297 g/mol. The van der Waals surface area contributed by atoms with Gasteiger partial charge >= 0.3 is 0 Å². The highest BCUT2D eigenvalue weighted by Crippen LogP contribution is 2.20. The van der Waals surface area contributed by atoms with Crippen molar-refractivity contribution in [2.45, 2.75) is 20.3 Å². The molecule has 0 bridgehead atoms. The third kappa shape index (κ3) is 4.51. The summed E-state index contributed by atoms with van der Waals surface area (Å²) in [5, 5.41) is 15.5. The number of nitrogens with zero attached hydrogens (tertiary/aromatic N) is 1. The van der Waals surface area contributed by atoms with Gasteiger partial charge in [-0.1, -0.05) is 6.92 Å². The van der Waals surface area contributed by atoms with E-state index < -0.39 is 28.1 Å². The lowest BCUT2D eigenvalue weighted by molar-refractivity contribution is -0.385. The summed E-state index contributed by atoms with van der Waals surface area (Å²) in [6.07, 6.45) is 0.748. The average Bonchev–Trinajstić information content (AvgIpc) is 2.44. The topological polar surface area (TPSA) is 101 Å². The van der Waals surface area contributed by atoms with Gasteiger partial charge in [-0.2, -0.15) is 0 Å². The molecular weight excluding hydrogens is 281 g/mol. The number of carbonyl (C=O) groups excluding carboxylic acids is 2. The van der Waals surface area contributed by atoms with Gasteiger partial charge in [0.2, 0.25) is 5.91 Å². The van der Waals surface area contributed by atoms with Crippen molar-refractivity contribution in [1.29, 1.82) is 0 Å². The number of non-ortho nitro benzene ring substituents is 1. The molecule has 1 aromatic carbocycles. The molecule has 114 valence electrons. The van der Waals surface area contributed by atoms with Gasteiger partial charge in [0, 0.05) is 18.7 Å². The van der Waals surface area contributed by atoms with Crippen LogP contribution in [-0.2, 0) is 4.79 Å². The van der Waals surface area contributed by atoms with Crippen LogP contribution in [-0.4, -0.2) is 29.8 Å². The number of halogens is 1. The van der Waals surface area contributed by atoms with Crippen LogP contribution in [0.1, 0.15) is 29.3 Å². The molecule has 2 N–H and O–H groups in total. The standard InChI is InChI=1S/C13H16FN3O4/c1-3-4-15-11(18)7-16-13(19)10-6-9(17(20)21)5-8(2)12(10)14/h5-6H,3-4,7H2,1-2H3,(H,15,18)(H,16,19). The van der Waals surface area contributed by atoms with Crippen molar-refractivity contribution in [2.75, 3.05) is 13.1 Å². The summed E-state index contributed by atoms with van der Waals surface area (Å²) in [4.78, 5) is 33.2. The highest BCUT2D eigenvalue weighted by Gasteiger charge is 2.19. The van der Waals surface area contributed by atoms with E-state index in [1.54, 1.807) is 0 Å². The summed E-state index contributed by atoms with van der Waals surface area (Å²) in [5.41, 5.74) is -0.843. The number of hydrogen-bond donors (Lipinski definition) is 2. The van der Waals surface area contributed by atoms with Gasteiger partial charge in [0.05, 0.1) is 17.0 Å². The van der Waals surface area contributed by atoms with E-state index in [9.17, 15) is 24.1 Å². The van der Waals surface area contributed by atoms with E-state index in [0.29, 0.717) is 6.54 Å². The highest BCUT2D eigenvalue weighted by molar-refractivity contribution is 5.97. The molecule has 0 aliphatic heterocycles. The molecular formula is C13H16FN3O4. The van der Waals surface area contributed by atoms with Crippen molar-refractivity contribution in [1.82, 2.24) is 10.6 Å². The van der Waals surface area contributed by atoms with Gasteiger partial charge < -0.3 is 10.6 Å². The van der Waals surface area contributed by atoms with Crippen LogP contribution in [0, 0.1) is 22.9 Å². The van der Waals surface area contributed by atoms with Crippen molar-refractivity contribution in [3.05, 3.63) is 39.2 Å². The number of aryl methyl sites for hydroxylation is 1. The van der Waals surface area contributed by atoms with Crippen molar-refractivity contribution >= 4 is 17.5 Å². The van der Waals surface area contributed by atoms with Gasteiger partial charge in [-0.25, -0.2) is 4.39 Å². The first-order valence-electron chi connectivity index (χ1n) is 6.36. The maximum absolute atomic E-state index is 13.8. The van der Waals surface area contributed by atoms with Gasteiger partial charge in [0.25, 0.3) is 11.6 Å². The predicted molar refractivity (Wildman–Crippen MR) is 73.4 cm³/mol. The molecule has 0 fully saturated rings. The Labute approximate surface area is 120 Å². The van der Waals surface area contributed by atoms with Gasteiger partial charge in [0.1, 0.15) is 5.82 Å². The van der Waals surface area contributed by atoms with Crippen LogP contribution < -0.4 is 10.6 Å². The van der Waals surface area contributed by atoms with Crippen LogP contribution in [0.25, 0.3) is 0 Å². The summed E-state index contributed by atoms with van der Waals surface area (Å²) in [6.45, 7) is 3.35. The minimum atomic E-state index is -0.869. The fourth-order valence-corrected chi connectivity index (χ4v) is 1.60. The van der Waals surface area contributed by atoms with E-state index in [4.69, 9.17) is 0 Å². The zero-order valence-corrected chi connectivity index (χ0v) is 11.7. The zero-order valence-electron chi connectivity index (χ0n) is 11.7. The van der Waals surface area contributed by atoms with Crippen LogP contribution in [0.4, 0.5) is 10.1 Å². The molecule has 0 saturated carbocycles. The lowest BCUT2D eigenvalue weighted by atomic mass is 10.1. The number of hydrogen-bond acceptors (Lipinski definition) is 4. The van der Waals surface area contributed by atoms with Gasteiger partial charge in [-0.3, -0.25) is 19.7 Å². The highest BCUT2D eigenvalue weighted by atomic mass is 19.1. The molecule has 2 amide bonds. The molecule has 0 radical (unpaired) electrons. The molecule has 0 saturated heterocycles. The maximum Gasteiger partial charge on any atom is 0.270 e. The molecule has 0 aliphatic carbocycles. The Balaban J connectivity index is 2.82. The van der Waals surface area contributed by atoms with Crippen molar-refractivity contribution in [3.8, 4) is 0 Å². The van der Waals surface area contributed by atoms with Crippen LogP contribution in [0.15, 0.2) is 12.1 Å². The number of amides is 2. The molecule has 0 atom stereocenters. The normalized spacial score (nSPS) is 10.0. The molecule has 0 spiro atoms. The molecule has 0 unspecified atom stereocenters. The Bertz CT molecular complexity index is 575.